The Bertz CT molecular complexity index is 1650. The van der Waals surface area contributed by atoms with Crippen molar-refractivity contribution in [1.82, 2.24) is 10.7 Å². The number of rotatable bonds is 8. The second-order valence-corrected chi connectivity index (χ2v) is 9.04. The average Bonchev–Trinajstić information content (AvgIpc) is 3.46. The standard InChI is InChI=1S/C31H22ClN3O6/c32-25-9-5-4-8-24(25)31(38)41-23-13-10-20(11-14-23)18-33-35-30(37)26(34-29(36)22-6-2-1-3-7-22)16-21-12-15-27-28(17-21)40-19-39-27/h1-18H,19H2,(H,34,36)(H,35,37)/b26-16-,33-18+. The number of carbonyl (C=O) groups excluding carboxylic acids is 3. The van der Waals surface area contributed by atoms with E-state index in [0.717, 1.165) is 0 Å². The number of hydrogen-bond acceptors (Lipinski definition) is 7. The fourth-order valence-electron chi connectivity index (χ4n) is 3.75. The lowest BCUT2D eigenvalue weighted by molar-refractivity contribution is -0.117. The Morgan fingerprint density at radius 2 is 1.54 bits per heavy atom. The van der Waals surface area contributed by atoms with Gasteiger partial charge in [-0.1, -0.05) is 48.0 Å². The zero-order valence-electron chi connectivity index (χ0n) is 21.4. The first-order valence-electron chi connectivity index (χ1n) is 12.3. The van der Waals surface area contributed by atoms with E-state index in [4.69, 9.17) is 25.8 Å². The number of amides is 2. The summed E-state index contributed by atoms with van der Waals surface area (Å²) in [6.07, 6.45) is 2.92. The van der Waals surface area contributed by atoms with Crippen molar-refractivity contribution < 1.29 is 28.6 Å². The summed E-state index contributed by atoms with van der Waals surface area (Å²) in [6, 6.07) is 26.8. The number of hydrazone groups is 1. The van der Waals surface area contributed by atoms with Gasteiger partial charge >= 0.3 is 5.97 Å². The topological polar surface area (TPSA) is 115 Å². The van der Waals surface area contributed by atoms with Crippen molar-refractivity contribution in [2.75, 3.05) is 6.79 Å². The molecule has 0 aromatic heterocycles. The molecule has 1 aliphatic heterocycles. The Morgan fingerprint density at radius 3 is 2.32 bits per heavy atom. The van der Waals surface area contributed by atoms with Gasteiger partial charge < -0.3 is 19.5 Å². The molecule has 0 unspecified atom stereocenters. The first-order valence-corrected chi connectivity index (χ1v) is 12.7. The second-order valence-electron chi connectivity index (χ2n) is 8.63. The molecule has 10 heteroatoms. The van der Waals surface area contributed by atoms with Crippen LogP contribution in [0, 0.1) is 0 Å². The van der Waals surface area contributed by atoms with Crippen LogP contribution in [0.15, 0.2) is 108 Å². The summed E-state index contributed by atoms with van der Waals surface area (Å²) >= 11 is 6.05. The summed E-state index contributed by atoms with van der Waals surface area (Å²) < 4.78 is 16.1. The number of benzene rings is 4. The van der Waals surface area contributed by atoms with Gasteiger partial charge in [0.2, 0.25) is 6.79 Å². The molecule has 5 rings (SSSR count). The maximum Gasteiger partial charge on any atom is 0.345 e. The molecule has 0 fully saturated rings. The van der Waals surface area contributed by atoms with E-state index >= 15 is 0 Å². The highest BCUT2D eigenvalue weighted by Crippen LogP contribution is 2.33. The third-order valence-corrected chi connectivity index (χ3v) is 6.13. The molecule has 4 aromatic carbocycles. The zero-order chi connectivity index (χ0) is 28.6. The number of fused-ring (bicyclic) bond motifs is 1. The van der Waals surface area contributed by atoms with Crippen molar-refractivity contribution in [3.63, 3.8) is 0 Å². The van der Waals surface area contributed by atoms with Gasteiger partial charge in [0, 0.05) is 5.56 Å². The Balaban J connectivity index is 1.26. The number of ether oxygens (including phenoxy) is 3. The molecule has 0 radical (unpaired) electrons. The van der Waals surface area contributed by atoms with Gasteiger partial charge in [0.05, 0.1) is 16.8 Å². The summed E-state index contributed by atoms with van der Waals surface area (Å²) in [5.74, 6) is -0.243. The predicted molar refractivity (Wildman–Crippen MR) is 153 cm³/mol. The highest BCUT2D eigenvalue weighted by Gasteiger charge is 2.17. The highest BCUT2D eigenvalue weighted by molar-refractivity contribution is 6.33. The van der Waals surface area contributed by atoms with E-state index < -0.39 is 17.8 Å². The Labute approximate surface area is 240 Å². The fourth-order valence-corrected chi connectivity index (χ4v) is 3.96. The molecular weight excluding hydrogens is 546 g/mol. The van der Waals surface area contributed by atoms with E-state index in [9.17, 15) is 14.4 Å². The molecule has 4 aromatic rings. The van der Waals surface area contributed by atoms with E-state index in [0.29, 0.717) is 39.0 Å². The van der Waals surface area contributed by atoms with Crippen LogP contribution >= 0.6 is 11.6 Å². The highest BCUT2D eigenvalue weighted by atomic mass is 35.5. The summed E-state index contributed by atoms with van der Waals surface area (Å²) in [6.45, 7) is 0.111. The average molecular weight is 568 g/mol. The Kier molecular flexibility index (Phi) is 8.37. The van der Waals surface area contributed by atoms with Crippen LogP contribution in [0.2, 0.25) is 5.02 Å². The summed E-state index contributed by atoms with van der Waals surface area (Å²) in [5.41, 5.74) is 4.27. The molecule has 2 N–H and O–H groups in total. The zero-order valence-corrected chi connectivity index (χ0v) is 22.1. The molecule has 0 saturated heterocycles. The van der Waals surface area contributed by atoms with Gasteiger partial charge in [-0.05, 0) is 77.9 Å². The van der Waals surface area contributed by atoms with Crippen LogP contribution in [0.3, 0.4) is 0 Å². The second kappa shape index (κ2) is 12.6. The number of hydrogen-bond donors (Lipinski definition) is 2. The fraction of sp³-hybridized carbons (Fsp3) is 0.0323. The summed E-state index contributed by atoms with van der Waals surface area (Å²) in [7, 11) is 0. The van der Waals surface area contributed by atoms with Gasteiger partial charge in [-0.15, -0.1) is 0 Å². The SMILES string of the molecule is O=C(N/N=C/c1ccc(OC(=O)c2ccccc2Cl)cc1)/C(=C/c1ccc2c(c1)OCO2)NC(=O)c1ccccc1. The molecule has 0 aliphatic carbocycles. The predicted octanol–water partition coefficient (Wildman–Crippen LogP) is 5.21. The van der Waals surface area contributed by atoms with Crippen LogP contribution in [-0.2, 0) is 4.79 Å². The van der Waals surface area contributed by atoms with Gasteiger partial charge in [-0.25, -0.2) is 10.2 Å². The van der Waals surface area contributed by atoms with Crippen molar-refractivity contribution in [2.24, 2.45) is 5.10 Å². The quantitative estimate of drug-likeness (QED) is 0.0993. The summed E-state index contributed by atoms with van der Waals surface area (Å²) in [4.78, 5) is 38.2. The molecule has 2 amide bonds. The van der Waals surface area contributed by atoms with Gasteiger partial charge in [-0.2, -0.15) is 5.10 Å². The third kappa shape index (κ3) is 6.97. The first-order chi connectivity index (χ1) is 20.0. The van der Waals surface area contributed by atoms with Gasteiger partial charge in [-0.3, -0.25) is 9.59 Å². The normalized spacial score (nSPS) is 12.2. The van der Waals surface area contributed by atoms with Gasteiger partial charge in [0.15, 0.2) is 11.5 Å². The molecule has 1 aliphatic rings. The van der Waals surface area contributed by atoms with Crippen molar-refractivity contribution in [3.05, 3.63) is 130 Å². The monoisotopic (exact) mass is 567 g/mol. The van der Waals surface area contributed by atoms with E-state index in [1.807, 2.05) is 0 Å². The van der Waals surface area contributed by atoms with Crippen LogP contribution in [0.25, 0.3) is 6.08 Å². The molecule has 9 nitrogen and oxygen atoms in total. The molecule has 0 saturated carbocycles. The van der Waals surface area contributed by atoms with Crippen LogP contribution in [0.4, 0.5) is 0 Å². The molecule has 0 atom stereocenters. The van der Waals surface area contributed by atoms with Gasteiger partial charge in [0.1, 0.15) is 11.4 Å². The van der Waals surface area contributed by atoms with Crippen molar-refractivity contribution >= 4 is 41.7 Å². The minimum atomic E-state index is -0.645. The first kappa shape index (κ1) is 27.2. The van der Waals surface area contributed by atoms with E-state index in [2.05, 4.69) is 15.8 Å². The number of nitrogens with one attached hydrogen (secondary N) is 2. The number of nitrogens with zero attached hydrogens (tertiary/aromatic N) is 1. The van der Waals surface area contributed by atoms with Crippen molar-refractivity contribution in [2.45, 2.75) is 0 Å². The van der Waals surface area contributed by atoms with Gasteiger partial charge in [0.25, 0.3) is 11.8 Å². The van der Waals surface area contributed by atoms with Crippen LogP contribution in [0.1, 0.15) is 31.8 Å². The lowest BCUT2D eigenvalue weighted by atomic mass is 10.1. The third-order valence-electron chi connectivity index (χ3n) is 5.80. The number of esters is 1. The molecule has 0 spiro atoms. The van der Waals surface area contributed by atoms with Crippen molar-refractivity contribution in [1.29, 1.82) is 0 Å². The molecule has 41 heavy (non-hydrogen) atoms. The number of halogens is 1. The maximum atomic E-state index is 13.0. The van der Waals surface area contributed by atoms with Crippen LogP contribution < -0.4 is 25.0 Å². The Morgan fingerprint density at radius 1 is 0.829 bits per heavy atom. The van der Waals surface area contributed by atoms with Crippen LogP contribution in [0.5, 0.6) is 17.2 Å². The van der Waals surface area contributed by atoms with E-state index in [1.54, 1.807) is 97.1 Å². The summed E-state index contributed by atoms with van der Waals surface area (Å²) in [5, 5.41) is 6.95. The molecular formula is C31H22ClN3O6. The minimum absolute atomic E-state index is 0.0308. The number of carbonyl (C=O) groups is 3. The molecule has 1 heterocycles. The minimum Gasteiger partial charge on any atom is -0.454 e. The molecule has 204 valence electrons. The van der Waals surface area contributed by atoms with Crippen LogP contribution in [-0.4, -0.2) is 30.8 Å². The maximum absolute atomic E-state index is 13.0. The van der Waals surface area contributed by atoms with E-state index in [-0.39, 0.29) is 18.1 Å². The molecule has 0 bridgehead atoms. The largest absolute Gasteiger partial charge is 0.454 e. The lowest BCUT2D eigenvalue weighted by Crippen LogP contribution is -2.32. The Hall–Kier alpha value is -5.41. The lowest BCUT2D eigenvalue weighted by Gasteiger charge is -2.09. The van der Waals surface area contributed by atoms with E-state index in [1.165, 1.54) is 12.3 Å². The van der Waals surface area contributed by atoms with Crippen molar-refractivity contribution in [3.8, 4) is 17.2 Å². The smallest absolute Gasteiger partial charge is 0.345 e.